The summed E-state index contributed by atoms with van der Waals surface area (Å²) in [5, 5.41) is 0.662. The zero-order valence-electron chi connectivity index (χ0n) is 13.7. The lowest BCUT2D eigenvalue weighted by molar-refractivity contribution is 0.675. The minimum absolute atomic E-state index is 0.627. The summed E-state index contributed by atoms with van der Waals surface area (Å²) in [5.74, 6) is 0.627. The van der Waals surface area contributed by atoms with E-state index in [1.54, 1.807) is 11.1 Å². The van der Waals surface area contributed by atoms with Crippen molar-refractivity contribution in [3.8, 4) is 0 Å². The molecule has 0 heterocycles. The monoisotopic (exact) mass is 289 g/mol. The Labute approximate surface area is 131 Å². The molecular formula is C18H30BS. The van der Waals surface area contributed by atoms with E-state index in [0.29, 0.717) is 11.1 Å². The molecule has 0 aliphatic rings. The van der Waals surface area contributed by atoms with Crippen molar-refractivity contribution in [2.75, 3.05) is 6.26 Å². The average molecular weight is 289 g/mol. The van der Waals surface area contributed by atoms with Crippen LogP contribution in [0.1, 0.15) is 74.6 Å². The Kier molecular flexibility index (Phi) is 9.17. The third-order valence-corrected chi connectivity index (χ3v) is 5.18. The summed E-state index contributed by atoms with van der Waals surface area (Å²) in [6, 6.07) is 9.12. The van der Waals surface area contributed by atoms with E-state index in [9.17, 15) is 0 Å². The molecule has 0 nitrogen and oxygen atoms in total. The van der Waals surface area contributed by atoms with Crippen molar-refractivity contribution in [1.82, 2.24) is 0 Å². The van der Waals surface area contributed by atoms with Crippen LogP contribution in [0.3, 0.4) is 0 Å². The minimum Gasteiger partial charge on any atom is -0.157 e. The maximum atomic E-state index is 2.39. The van der Waals surface area contributed by atoms with E-state index >= 15 is 0 Å². The van der Waals surface area contributed by atoms with Gasteiger partial charge in [-0.25, -0.2) is 0 Å². The summed E-state index contributed by atoms with van der Waals surface area (Å²) in [5.41, 5.74) is 3.14. The first-order valence-corrected chi connectivity index (χ1v) is 9.48. The third kappa shape index (κ3) is 5.20. The molecule has 0 aliphatic heterocycles. The molecule has 0 aliphatic carbocycles. The van der Waals surface area contributed by atoms with Crippen molar-refractivity contribution >= 4 is 19.0 Å². The molecular weight excluding hydrogens is 259 g/mol. The highest BCUT2D eigenvalue weighted by atomic mass is 32.2. The lowest BCUT2D eigenvalue weighted by Gasteiger charge is -2.23. The van der Waals surface area contributed by atoms with Gasteiger partial charge in [-0.15, -0.1) is 0 Å². The second-order valence-electron chi connectivity index (χ2n) is 5.58. The smallest absolute Gasteiger partial charge is 0.116 e. The van der Waals surface area contributed by atoms with Crippen LogP contribution in [0.15, 0.2) is 24.3 Å². The van der Waals surface area contributed by atoms with E-state index in [1.807, 2.05) is 11.8 Å². The fourth-order valence-electron chi connectivity index (χ4n) is 2.86. The highest BCUT2D eigenvalue weighted by Crippen LogP contribution is 2.37. The molecule has 0 saturated heterocycles. The molecule has 1 rings (SSSR count). The topological polar surface area (TPSA) is 0 Å². The maximum Gasteiger partial charge on any atom is 0.116 e. The van der Waals surface area contributed by atoms with Gasteiger partial charge in [-0.3, -0.25) is 0 Å². The van der Waals surface area contributed by atoms with Gasteiger partial charge in [0.1, 0.15) is 7.28 Å². The number of hydrogen-bond donors (Lipinski definition) is 0. The summed E-state index contributed by atoms with van der Waals surface area (Å²) in [6.45, 7) is 6.79. The molecule has 111 valence electrons. The zero-order chi connectivity index (χ0) is 14.8. The van der Waals surface area contributed by atoms with Crippen LogP contribution in [0.4, 0.5) is 0 Å². The van der Waals surface area contributed by atoms with Crippen molar-refractivity contribution in [2.45, 2.75) is 70.3 Å². The fraction of sp³-hybridized carbons (Fsp3) is 0.667. The van der Waals surface area contributed by atoms with Gasteiger partial charge in [0, 0.05) is 5.25 Å². The SMILES string of the molecule is C[B]C(CCCC)c1ccccc1C(CCCC)SC. The first kappa shape index (κ1) is 17.7. The normalized spacial score (nSPS) is 14.0. The van der Waals surface area contributed by atoms with Crippen molar-refractivity contribution in [3.63, 3.8) is 0 Å². The van der Waals surface area contributed by atoms with Crippen LogP contribution in [-0.2, 0) is 0 Å². The first-order chi connectivity index (χ1) is 9.78. The number of benzene rings is 1. The summed E-state index contributed by atoms with van der Waals surface area (Å²) in [4.78, 5) is 0. The Hall–Kier alpha value is -0.365. The van der Waals surface area contributed by atoms with Crippen LogP contribution in [0.25, 0.3) is 0 Å². The summed E-state index contributed by atoms with van der Waals surface area (Å²) in [7, 11) is 2.39. The van der Waals surface area contributed by atoms with E-state index in [2.05, 4.69) is 58.5 Å². The van der Waals surface area contributed by atoms with Crippen LogP contribution in [0.5, 0.6) is 0 Å². The highest BCUT2D eigenvalue weighted by molar-refractivity contribution is 7.98. The Morgan fingerprint density at radius 3 is 2.15 bits per heavy atom. The molecule has 0 amide bonds. The van der Waals surface area contributed by atoms with Crippen molar-refractivity contribution in [2.24, 2.45) is 0 Å². The van der Waals surface area contributed by atoms with E-state index in [0.717, 1.165) is 0 Å². The van der Waals surface area contributed by atoms with E-state index in [4.69, 9.17) is 0 Å². The number of rotatable bonds is 10. The Morgan fingerprint density at radius 2 is 1.60 bits per heavy atom. The van der Waals surface area contributed by atoms with Gasteiger partial charge in [-0.05, 0) is 29.6 Å². The third-order valence-electron chi connectivity index (χ3n) is 4.12. The molecule has 0 N–H and O–H groups in total. The molecule has 1 radical (unpaired) electrons. The molecule has 2 atom stereocenters. The van der Waals surface area contributed by atoms with Crippen molar-refractivity contribution in [3.05, 3.63) is 35.4 Å². The molecule has 0 spiro atoms. The van der Waals surface area contributed by atoms with Gasteiger partial charge in [0.2, 0.25) is 0 Å². The zero-order valence-corrected chi connectivity index (χ0v) is 14.5. The molecule has 1 aromatic rings. The van der Waals surface area contributed by atoms with Gasteiger partial charge in [0.25, 0.3) is 0 Å². The summed E-state index contributed by atoms with van der Waals surface area (Å²) < 4.78 is 0. The molecule has 20 heavy (non-hydrogen) atoms. The molecule has 2 unspecified atom stereocenters. The Morgan fingerprint density at radius 1 is 1.00 bits per heavy atom. The van der Waals surface area contributed by atoms with E-state index < -0.39 is 0 Å². The number of thioether (sulfide) groups is 1. The van der Waals surface area contributed by atoms with Crippen LogP contribution in [-0.4, -0.2) is 13.5 Å². The predicted molar refractivity (Wildman–Crippen MR) is 96.1 cm³/mol. The van der Waals surface area contributed by atoms with Crippen molar-refractivity contribution in [1.29, 1.82) is 0 Å². The predicted octanol–water partition coefficient (Wildman–Crippen LogP) is 6.26. The quantitative estimate of drug-likeness (QED) is 0.458. The second-order valence-corrected chi connectivity index (χ2v) is 6.62. The van der Waals surface area contributed by atoms with Crippen LogP contribution in [0.2, 0.25) is 6.82 Å². The average Bonchev–Trinajstić information content (AvgIpc) is 2.50. The van der Waals surface area contributed by atoms with Crippen LogP contribution in [0, 0.1) is 0 Å². The standard InChI is InChI=1S/C18H30BS/c1-5-7-13-17(19-3)15-11-9-10-12-16(15)18(20-4)14-8-6-2/h9-12,17-18H,5-8,13-14H2,1-4H3. The first-order valence-electron chi connectivity index (χ1n) is 8.19. The van der Waals surface area contributed by atoms with Gasteiger partial charge >= 0.3 is 0 Å². The van der Waals surface area contributed by atoms with Gasteiger partial charge < -0.3 is 0 Å². The highest BCUT2D eigenvalue weighted by Gasteiger charge is 2.18. The molecule has 0 fully saturated rings. The maximum absolute atomic E-state index is 2.39. The van der Waals surface area contributed by atoms with Gasteiger partial charge in [-0.2, -0.15) is 11.8 Å². The second kappa shape index (κ2) is 10.4. The van der Waals surface area contributed by atoms with Crippen LogP contribution < -0.4 is 0 Å². The molecule has 0 bridgehead atoms. The largest absolute Gasteiger partial charge is 0.157 e. The molecule has 2 heteroatoms. The van der Waals surface area contributed by atoms with Crippen LogP contribution >= 0.6 is 11.8 Å². The molecule has 0 aromatic heterocycles. The summed E-state index contributed by atoms with van der Waals surface area (Å²) in [6.07, 6.45) is 10.1. The number of hydrogen-bond acceptors (Lipinski definition) is 1. The van der Waals surface area contributed by atoms with E-state index in [-0.39, 0.29) is 0 Å². The fourth-order valence-corrected chi connectivity index (χ4v) is 3.73. The Balaban J connectivity index is 2.94. The number of unbranched alkanes of at least 4 members (excludes halogenated alkanes) is 2. The Bertz CT molecular complexity index is 329. The van der Waals surface area contributed by atoms with E-state index in [1.165, 1.54) is 38.5 Å². The van der Waals surface area contributed by atoms with Gasteiger partial charge in [0.05, 0.1) is 0 Å². The molecule has 0 saturated carbocycles. The van der Waals surface area contributed by atoms with Gasteiger partial charge in [-0.1, -0.05) is 77.0 Å². The lowest BCUT2D eigenvalue weighted by atomic mass is 9.61. The summed E-state index contributed by atoms with van der Waals surface area (Å²) >= 11 is 2.01. The van der Waals surface area contributed by atoms with Gasteiger partial charge in [0.15, 0.2) is 0 Å². The minimum atomic E-state index is 0.627. The lowest BCUT2D eigenvalue weighted by Crippen LogP contribution is -2.10. The van der Waals surface area contributed by atoms with Crippen molar-refractivity contribution < 1.29 is 0 Å². The molecule has 1 aromatic carbocycles.